The Morgan fingerprint density at radius 1 is 1.14 bits per heavy atom. The Morgan fingerprint density at radius 2 is 1.95 bits per heavy atom. The molecule has 0 unspecified atom stereocenters. The number of nitrogens with zero attached hydrogens (tertiary/aromatic N) is 1. The first-order valence-electron chi connectivity index (χ1n) is 7.54. The average molecular weight is 299 g/mol. The highest BCUT2D eigenvalue weighted by Crippen LogP contribution is 2.23. The van der Waals surface area contributed by atoms with Gasteiger partial charge in [-0.05, 0) is 25.7 Å². The molecule has 1 aliphatic rings. The minimum atomic E-state index is 0.911. The Balaban J connectivity index is 1.56. The molecule has 4 heteroatoms. The van der Waals surface area contributed by atoms with E-state index in [2.05, 4.69) is 35.0 Å². The number of allylic oxidation sites excluding steroid dienone is 2. The summed E-state index contributed by atoms with van der Waals surface area (Å²) in [7, 11) is 0. The van der Waals surface area contributed by atoms with E-state index in [9.17, 15) is 0 Å². The van der Waals surface area contributed by atoms with Crippen molar-refractivity contribution in [2.75, 3.05) is 6.54 Å². The molecule has 0 fully saturated rings. The standard InChI is InChI=1S/C17H21N3S/c18-15-8-4-5-9-16(15)19-11-10-14-12-21-17(20-14)13-6-2-1-3-7-13/h1-3,6-7,12,19H,4-5,8-11,18H2. The monoisotopic (exact) mass is 299 g/mol. The highest BCUT2D eigenvalue weighted by Gasteiger charge is 2.10. The zero-order valence-corrected chi connectivity index (χ0v) is 13.0. The summed E-state index contributed by atoms with van der Waals surface area (Å²) in [6.45, 7) is 0.911. The summed E-state index contributed by atoms with van der Waals surface area (Å²) < 4.78 is 0. The van der Waals surface area contributed by atoms with Crippen molar-refractivity contribution in [3.05, 3.63) is 52.8 Å². The molecular formula is C17H21N3S. The lowest BCUT2D eigenvalue weighted by atomic mass is 10.0. The number of benzene rings is 1. The molecule has 0 spiro atoms. The van der Waals surface area contributed by atoms with Crippen molar-refractivity contribution in [1.29, 1.82) is 0 Å². The number of hydrogen-bond acceptors (Lipinski definition) is 4. The number of aromatic nitrogens is 1. The van der Waals surface area contributed by atoms with E-state index in [4.69, 9.17) is 10.7 Å². The third-order valence-corrected chi connectivity index (χ3v) is 4.74. The lowest BCUT2D eigenvalue weighted by Gasteiger charge is -2.18. The van der Waals surface area contributed by atoms with Gasteiger partial charge in [0.05, 0.1) is 5.69 Å². The van der Waals surface area contributed by atoms with Crippen LogP contribution >= 0.6 is 11.3 Å². The lowest BCUT2D eigenvalue weighted by molar-refractivity contribution is 0.609. The van der Waals surface area contributed by atoms with Gasteiger partial charge in [-0.3, -0.25) is 0 Å². The third-order valence-electron chi connectivity index (χ3n) is 3.80. The van der Waals surface area contributed by atoms with Crippen LogP contribution in [0.3, 0.4) is 0 Å². The lowest BCUT2D eigenvalue weighted by Crippen LogP contribution is -2.23. The molecule has 1 aliphatic carbocycles. The van der Waals surface area contributed by atoms with Gasteiger partial charge in [0.25, 0.3) is 0 Å². The molecule has 0 atom stereocenters. The molecule has 1 aromatic heterocycles. The van der Waals surface area contributed by atoms with Crippen molar-refractivity contribution in [1.82, 2.24) is 10.3 Å². The van der Waals surface area contributed by atoms with E-state index in [1.165, 1.54) is 24.1 Å². The SMILES string of the molecule is NC1=C(NCCc2csc(-c3ccccc3)n2)CCCC1. The van der Waals surface area contributed by atoms with E-state index in [1.807, 2.05) is 6.07 Å². The molecule has 3 nitrogen and oxygen atoms in total. The maximum atomic E-state index is 6.04. The van der Waals surface area contributed by atoms with Crippen molar-refractivity contribution in [3.8, 4) is 10.6 Å². The van der Waals surface area contributed by atoms with Gasteiger partial charge in [-0.1, -0.05) is 30.3 Å². The summed E-state index contributed by atoms with van der Waals surface area (Å²) in [6, 6.07) is 10.3. The summed E-state index contributed by atoms with van der Waals surface area (Å²) in [6.07, 6.45) is 5.55. The molecule has 0 saturated carbocycles. The van der Waals surface area contributed by atoms with E-state index in [0.717, 1.165) is 42.2 Å². The van der Waals surface area contributed by atoms with Crippen molar-refractivity contribution in [2.45, 2.75) is 32.1 Å². The highest BCUT2D eigenvalue weighted by molar-refractivity contribution is 7.13. The van der Waals surface area contributed by atoms with Gasteiger partial charge >= 0.3 is 0 Å². The zero-order valence-electron chi connectivity index (χ0n) is 12.1. The first-order chi connectivity index (χ1) is 10.3. The summed E-state index contributed by atoms with van der Waals surface area (Å²) in [4.78, 5) is 4.71. The fraction of sp³-hybridized carbons (Fsp3) is 0.353. The summed E-state index contributed by atoms with van der Waals surface area (Å²) in [5.74, 6) is 0. The number of rotatable bonds is 5. The van der Waals surface area contributed by atoms with Gasteiger partial charge < -0.3 is 11.1 Å². The molecule has 3 rings (SSSR count). The van der Waals surface area contributed by atoms with Crippen LogP contribution in [0.5, 0.6) is 0 Å². The van der Waals surface area contributed by atoms with Crippen LogP contribution in [-0.2, 0) is 6.42 Å². The molecule has 2 aromatic rings. The van der Waals surface area contributed by atoms with Crippen molar-refractivity contribution >= 4 is 11.3 Å². The number of nitrogens with two attached hydrogens (primary N) is 1. The van der Waals surface area contributed by atoms with Gasteiger partial charge in [0, 0.05) is 35.3 Å². The van der Waals surface area contributed by atoms with Gasteiger partial charge in [-0.2, -0.15) is 0 Å². The van der Waals surface area contributed by atoms with Crippen LogP contribution in [0.25, 0.3) is 10.6 Å². The molecule has 1 heterocycles. The molecule has 0 aliphatic heterocycles. The summed E-state index contributed by atoms with van der Waals surface area (Å²) in [5, 5.41) is 6.74. The fourth-order valence-corrected chi connectivity index (χ4v) is 3.47. The predicted molar refractivity (Wildman–Crippen MR) is 88.9 cm³/mol. The number of nitrogens with one attached hydrogen (secondary N) is 1. The van der Waals surface area contributed by atoms with E-state index in [0.29, 0.717) is 0 Å². The van der Waals surface area contributed by atoms with E-state index >= 15 is 0 Å². The second kappa shape index (κ2) is 6.76. The minimum absolute atomic E-state index is 0.911. The average Bonchev–Trinajstić information content (AvgIpc) is 2.99. The first-order valence-corrected chi connectivity index (χ1v) is 8.42. The molecular weight excluding hydrogens is 278 g/mol. The fourth-order valence-electron chi connectivity index (χ4n) is 2.61. The summed E-state index contributed by atoms with van der Waals surface area (Å²) in [5.41, 5.74) is 10.7. The molecule has 3 N–H and O–H groups in total. The van der Waals surface area contributed by atoms with Gasteiger partial charge in [0.15, 0.2) is 0 Å². The maximum absolute atomic E-state index is 6.04. The molecule has 1 aromatic carbocycles. The minimum Gasteiger partial charge on any atom is -0.401 e. The van der Waals surface area contributed by atoms with E-state index < -0.39 is 0 Å². The topological polar surface area (TPSA) is 50.9 Å². The van der Waals surface area contributed by atoms with Crippen LogP contribution in [0, 0.1) is 0 Å². The molecule has 0 amide bonds. The smallest absolute Gasteiger partial charge is 0.123 e. The van der Waals surface area contributed by atoms with Crippen LogP contribution in [0.1, 0.15) is 31.4 Å². The summed E-state index contributed by atoms with van der Waals surface area (Å²) >= 11 is 1.71. The predicted octanol–water partition coefficient (Wildman–Crippen LogP) is 3.69. The molecule has 0 saturated heterocycles. The Hall–Kier alpha value is -1.81. The molecule has 0 bridgehead atoms. The Morgan fingerprint density at radius 3 is 2.76 bits per heavy atom. The second-order valence-corrected chi connectivity index (χ2v) is 6.26. The maximum Gasteiger partial charge on any atom is 0.123 e. The molecule has 21 heavy (non-hydrogen) atoms. The quantitative estimate of drug-likeness (QED) is 0.885. The number of hydrogen-bond donors (Lipinski definition) is 2. The Bertz CT molecular complexity index is 616. The van der Waals surface area contributed by atoms with Crippen LogP contribution in [0.2, 0.25) is 0 Å². The van der Waals surface area contributed by atoms with Gasteiger partial charge in [0.1, 0.15) is 5.01 Å². The Labute approximate surface area is 129 Å². The molecule has 0 radical (unpaired) electrons. The van der Waals surface area contributed by atoms with Crippen LogP contribution in [0.15, 0.2) is 47.1 Å². The molecule has 110 valence electrons. The van der Waals surface area contributed by atoms with Gasteiger partial charge in [-0.25, -0.2) is 4.98 Å². The largest absolute Gasteiger partial charge is 0.401 e. The van der Waals surface area contributed by atoms with Crippen LogP contribution in [0.4, 0.5) is 0 Å². The zero-order chi connectivity index (χ0) is 14.5. The third kappa shape index (κ3) is 3.64. The van der Waals surface area contributed by atoms with E-state index in [-0.39, 0.29) is 0 Å². The number of thiazole rings is 1. The highest BCUT2D eigenvalue weighted by atomic mass is 32.1. The second-order valence-electron chi connectivity index (χ2n) is 5.40. The van der Waals surface area contributed by atoms with Gasteiger partial charge in [-0.15, -0.1) is 11.3 Å². The van der Waals surface area contributed by atoms with Crippen LogP contribution in [-0.4, -0.2) is 11.5 Å². The normalized spacial score (nSPS) is 15.2. The van der Waals surface area contributed by atoms with E-state index in [1.54, 1.807) is 11.3 Å². The van der Waals surface area contributed by atoms with Crippen molar-refractivity contribution < 1.29 is 0 Å². The Kier molecular flexibility index (Phi) is 4.55. The van der Waals surface area contributed by atoms with Gasteiger partial charge in [0.2, 0.25) is 0 Å². The van der Waals surface area contributed by atoms with Crippen LogP contribution < -0.4 is 11.1 Å². The van der Waals surface area contributed by atoms with Crippen molar-refractivity contribution in [2.24, 2.45) is 5.73 Å². The van der Waals surface area contributed by atoms with Crippen molar-refractivity contribution in [3.63, 3.8) is 0 Å². The first kappa shape index (κ1) is 14.1.